The van der Waals surface area contributed by atoms with Crippen LogP contribution in [-0.2, 0) is 10.0 Å². The summed E-state index contributed by atoms with van der Waals surface area (Å²) in [5.74, 6) is 0.315. The molecule has 9 heteroatoms. The molecule has 0 spiro atoms. The summed E-state index contributed by atoms with van der Waals surface area (Å²) in [5.41, 5.74) is 0.699. The molecule has 0 unspecified atom stereocenters. The molecule has 0 bridgehead atoms. The van der Waals surface area contributed by atoms with Crippen molar-refractivity contribution in [1.82, 2.24) is 0 Å². The Labute approximate surface area is 179 Å². The molecule has 3 aromatic carbocycles. The standard InChI is InChI=1S/C22H20N2O6S/c25-19-8-2-1-7-18(19)23-22(26)15-5-3-6-16(13-15)24-31(27,28)17-9-10-20-21(14-17)30-12-4-11-29-20/h1-3,5-10,13-14,24-25H,4,11-12H2,(H,23,26). The van der Waals surface area contributed by atoms with Crippen LogP contribution in [0.4, 0.5) is 11.4 Å². The minimum Gasteiger partial charge on any atom is -0.506 e. The lowest BCUT2D eigenvalue weighted by Gasteiger charge is -2.12. The van der Waals surface area contributed by atoms with Gasteiger partial charge in [-0.3, -0.25) is 9.52 Å². The van der Waals surface area contributed by atoms with Gasteiger partial charge in [-0.1, -0.05) is 18.2 Å². The predicted octanol–water partition coefficient (Wildman–Crippen LogP) is 3.61. The Bertz CT molecular complexity index is 1230. The van der Waals surface area contributed by atoms with Crippen LogP contribution in [0.2, 0.25) is 0 Å². The van der Waals surface area contributed by atoms with E-state index in [1.165, 1.54) is 30.3 Å². The van der Waals surface area contributed by atoms with Gasteiger partial charge in [0.25, 0.3) is 15.9 Å². The maximum absolute atomic E-state index is 12.8. The highest BCUT2D eigenvalue weighted by atomic mass is 32.2. The zero-order chi connectivity index (χ0) is 21.8. The van der Waals surface area contributed by atoms with Crippen LogP contribution in [-0.4, -0.2) is 32.6 Å². The van der Waals surface area contributed by atoms with E-state index in [9.17, 15) is 18.3 Å². The van der Waals surface area contributed by atoms with Gasteiger partial charge >= 0.3 is 0 Å². The topological polar surface area (TPSA) is 114 Å². The highest BCUT2D eigenvalue weighted by Gasteiger charge is 2.19. The molecule has 0 saturated heterocycles. The van der Waals surface area contributed by atoms with Crippen LogP contribution >= 0.6 is 0 Å². The van der Waals surface area contributed by atoms with Gasteiger partial charge in [-0.2, -0.15) is 0 Å². The largest absolute Gasteiger partial charge is 0.506 e. The van der Waals surface area contributed by atoms with Crippen molar-refractivity contribution in [3.8, 4) is 17.2 Å². The van der Waals surface area contributed by atoms with Crippen LogP contribution in [0.5, 0.6) is 17.2 Å². The average molecular weight is 440 g/mol. The zero-order valence-electron chi connectivity index (χ0n) is 16.4. The Hall–Kier alpha value is -3.72. The molecule has 0 saturated carbocycles. The van der Waals surface area contributed by atoms with Gasteiger partial charge in [0, 0.05) is 23.7 Å². The molecule has 0 fully saturated rings. The molecule has 1 aliphatic rings. The van der Waals surface area contributed by atoms with Gasteiger partial charge in [0.2, 0.25) is 0 Å². The minimum atomic E-state index is -3.92. The maximum atomic E-state index is 12.8. The van der Waals surface area contributed by atoms with Gasteiger partial charge in [0.15, 0.2) is 11.5 Å². The lowest BCUT2D eigenvalue weighted by atomic mass is 10.2. The highest BCUT2D eigenvalue weighted by molar-refractivity contribution is 7.92. The first kappa shape index (κ1) is 20.5. The summed E-state index contributed by atoms with van der Waals surface area (Å²) in [5, 5.41) is 12.4. The molecule has 1 aliphatic heterocycles. The molecule has 3 N–H and O–H groups in total. The number of amides is 1. The molecule has 1 amide bonds. The van der Waals surface area contributed by atoms with Gasteiger partial charge in [-0.25, -0.2) is 8.42 Å². The number of sulfonamides is 1. The number of phenolic OH excluding ortho intramolecular Hbond substituents is 1. The maximum Gasteiger partial charge on any atom is 0.262 e. The number of para-hydroxylation sites is 2. The number of ether oxygens (including phenoxy) is 2. The number of rotatable bonds is 5. The molecule has 0 atom stereocenters. The fourth-order valence-electron chi connectivity index (χ4n) is 3.02. The third-order valence-electron chi connectivity index (χ3n) is 4.56. The van der Waals surface area contributed by atoms with Crippen molar-refractivity contribution >= 4 is 27.3 Å². The summed E-state index contributed by atoms with van der Waals surface area (Å²) in [6, 6.07) is 16.8. The van der Waals surface area contributed by atoms with Crippen LogP contribution in [0, 0.1) is 0 Å². The highest BCUT2D eigenvalue weighted by Crippen LogP contribution is 2.32. The van der Waals surface area contributed by atoms with Crippen LogP contribution < -0.4 is 19.5 Å². The van der Waals surface area contributed by atoms with Crippen molar-refractivity contribution in [3.05, 3.63) is 72.3 Å². The van der Waals surface area contributed by atoms with E-state index < -0.39 is 15.9 Å². The van der Waals surface area contributed by atoms with Crippen molar-refractivity contribution < 1.29 is 27.8 Å². The molecule has 0 aliphatic carbocycles. The minimum absolute atomic E-state index is 0.0146. The summed E-state index contributed by atoms with van der Waals surface area (Å²) in [6.07, 6.45) is 0.713. The third kappa shape index (κ3) is 4.72. The number of nitrogens with one attached hydrogen (secondary N) is 2. The van der Waals surface area contributed by atoms with Crippen molar-refractivity contribution in [1.29, 1.82) is 0 Å². The lowest BCUT2D eigenvalue weighted by Crippen LogP contribution is -2.15. The SMILES string of the molecule is O=C(Nc1ccccc1O)c1cccc(NS(=O)(=O)c2ccc3c(c2)OCCCO3)c1. The number of fused-ring (bicyclic) bond motifs is 1. The first-order valence-electron chi connectivity index (χ1n) is 9.54. The Morgan fingerprint density at radius 2 is 1.68 bits per heavy atom. The van der Waals surface area contributed by atoms with Crippen molar-refractivity contribution in [3.63, 3.8) is 0 Å². The third-order valence-corrected chi connectivity index (χ3v) is 5.94. The van der Waals surface area contributed by atoms with E-state index in [4.69, 9.17) is 9.47 Å². The van der Waals surface area contributed by atoms with Crippen LogP contribution in [0.25, 0.3) is 0 Å². The van der Waals surface area contributed by atoms with Crippen LogP contribution in [0.3, 0.4) is 0 Å². The van der Waals surface area contributed by atoms with Gasteiger partial charge in [-0.05, 0) is 42.5 Å². The first-order valence-corrected chi connectivity index (χ1v) is 11.0. The second-order valence-electron chi connectivity index (χ2n) is 6.82. The quantitative estimate of drug-likeness (QED) is 0.523. The molecule has 3 aromatic rings. The van der Waals surface area contributed by atoms with E-state index in [0.29, 0.717) is 31.1 Å². The normalized spacial score (nSPS) is 13.2. The summed E-state index contributed by atoms with van der Waals surface area (Å²) in [6.45, 7) is 0.949. The zero-order valence-corrected chi connectivity index (χ0v) is 17.2. The number of benzene rings is 3. The smallest absolute Gasteiger partial charge is 0.262 e. The molecule has 160 valence electrons. The number of hydrogen-bond acceptors (Lipinski definition) is 6. The summed E-state index contributed by atoms with van der Waals surface area (Å²) >= 11 is 0. The van der Waals surface area contributed by atoms with E-state index >= 15 is 0 Å². The molecular weight excluding hydrogens is 420 g/mol. The molecule has 4 rings (SSSR count). The number of carbonyl (C=O) groups is 1. The van der Waals surface area contributed by atoms with Crippen LogP contribution in [0.15, 0.2) is 71.6 Å². The number of aromatic hydroxyl groups is 1. The molecule has 1 heterocycles. The van der Waals surface area contributed by atoms with Gasteiger partial charge in [-0.15, -0.1) is 0 Å². The molecule has 31 heavy (non-hydrogen) atoms. The molecule has 8 nitrogen and oxygen atoms in total. The van der Waals surface area contributed by atoms with E-state index in [1.54, 1.807) is 36.4 Å². The molecule has 0 radical (unpaired) electrons. The first-order chi connectivity index (χ1) is 14.9. The Balaban J connectivity index is 1.53. The fourth-order valence-corrected chi connectivity index (χ4v) is 4.09. The Morgan fingerprint density at radius 3 is 2.48 bits per heavy atom. The van der Waals surface area contributed by atoms with E-state index in [2.05, 4.69) is 10.0 Å². The second-order valence-corrected chi connectivity index (χ2v) is 8.50. The Morgan fingerprint density at radius 1 is 0.903 bits per heavy atom. The Kier molecular flexibility index (Phi) is 5.68. The van der Waals surface area contributed by atoms with Crippen molar-refractivity contribution in [2.75, 3.05) is 23.3 Å². The molecule has 0 aromatic heterocycles. The lowest BCUT2D eigenvalue weighted by molar-refractivity contribution is 0.102. The van der Waals surface area contributed by atoms with Crippen LogP contribution in [0.1, 0.15) is 16.8 Å². The van der Waals surface area contributed by atoms with E-state index in [0.717, 1.165) is 0 Å². The van der Waals surface area contributed by atoms with Gasteiger partial charge in [0.05, 0.1) is 23.8 Å². The second kappa shape index (κ2) is 8.57. The monoisotopic (exact) mass is 440 g/mol. The van der Waals surface area contributed by atoms with E-state index in [1.807, 2.05) is 0 Å². The summed E-state index contributed by atoms with van der Waals surface area (Å²) in [4.78, 5) is 12.5. The van der Waals surface area contributed by atoms with Crippen molar-refractivity contribution in [2.45, 2.75) is 11.3 Å². The average Bonchev–Trinajstić information content (AvgIpc) is 3.00. The number of anilines is 2. The van der Waals surface area contributed by atoms with Gasteiger partial charge < -0.3 is 19.9 Å². The summed E-state index contributed by atoms with van der Waals surface area (Å²) < 4.78 is 39.3. The number of hydrogen-bond donors (Lipinski definition) is 3. The number of carbonyl (C=O) groups excluding carboxylic acids is 1. The van der Waals surface area contributed by atoms with E-state index in [-0.39, 0.29) is 27.6 Å². The van der Waals surface area contributed by atoms with Crippen molar-refractivity contribution in [2.24, 2.45) is 0 Å². The predicted molar refractivity (Wildman–Crippen MR) is 115 cm³/mol. The summed E-state index contributed by atoms with van der Waals surface area (Å²) in [7, 11) is -3.92. The molecular formula is C22H20N2O6S. The van der Waals surface area contributed by atoms with Gasteiger partial charge in [0.1, 0.15) is 5.75 Å². The fraction of sp³-hybridized carbons (Fsp3) is 0.136. The number of phenols is 1.